The summed E-state index contributed by atoms with van der Waals surface area (Å²) in [4.78, 5) is 26.6. The van der Waals surface area contributed by atoms with Crippen molar-refractivity contribution in [2.75, 3.05) is 18.4 Å². The fraction of sp³-hybridized carbons (Fsp3) is 0.591. The maximum atomic E-state index is 12.7. The van der Waals surface area contributed by atoms with Crippen molar-refractivity contribution < 1.29 is 9.59 Å². The molecule has 0 unspecified atom stereocenters. The van der Waals surface area contributed by atoms with Crippen molar-refractivity contribution in [3.05, 3.63) is 29.8 Å². The molecule has 0 bridgehead atoms. The van der Waals surface area contributed by atoms with Crippen LogP contribution in [0.4, 0.5) is 5.69 Å². The van der Waals surface area contributed by atoms with Crippen LogP contribution in [0.15, 0.2) is 24.3 Å². The van der Waals surface area contributed by atoms with Gasteiger partial charge in [0.2, 0.25) is 5.91 Å². The van der Waals surface area contributed by atoms with Gasteiger partial charge < -0.3 is 15.5 Å². The number of amides is 2. The maximum absolute atomic E-state index is 12.7. The lowest BCUT2D eigenvalue weighted by atomic mass is 9.98. The first-order valence-electron chi connectivity index (χ1n) is 10.5. The summed E-state index contributed by atoms with van der Waals surface area (Å²) in [5, 5.41) is 6.01. The van der Waals surface area contributed by atoms with Gasteiger partial charge in [0.15, 0.2) is 5.11 Å². The third-order valence-corrected chi connectivity index (χ3v) is 5.40. The van der Waals surface area contributed by atoms with E-state index in [4.69, 9.17) is 12.2 Å². The minimum absolute atomic E-state index is 0.0533. The number of anilines is 1. The molecule has 154 valence electrons. The molecule has 0 atom stereocenters. The van der Waals surface area contributed by atoms with Gasteiger partial charge >= 0.3 is 0 Å². The minimum atomic E-state index is -0.0660. The zero-order chi connectivity index (χ0) is 20.4. The minimum Gasteiger partial charge on any atom is -0.339 e. The fourth-order valence-corrected chi connectivity index (χ4v) is 3.60. The second kappa shape index (κ2) is 11.8. The first kappa shape index (κ1) is 22.3. The number of nitrogens with one attached hydrogen (secondary N) is 2. The molecule has 0 spiro atoms. The van der Waals surface area contributed by atoms with Gasteiger partial charge in [0.1, 0.15) is 0 Å². The molecule has 2 N–H and O–H groups in total. The van der Waals surface area contributed by atoms with Crippen molar-refractivity contribution in [1.82, 2.24) is 10.2 Å². The average molecular weight is 404 g/mol. The molecular formula is C22H33N3O2S. The van der Waals surface area contributed by atoms with E-state index in [0.717, 1.165) is 38.8 Å². The maximum Gasteiger partial charge on any atom is 0.253 e. The van der Waals surface area contributed by atoms with E-state index in [-0.39, 0.29) is 16.9 Å². The molecule has 1 fully saturated rings. The topological polar surface area (TPSA) is 61.4 Å². The molecule has 1 aliphatic rings. The quantitative estimate of drug-likeness (QED) is 0.486. The van der Waals surface area contributed by atoms with Gasteiger partial charge in [-0.3, -0.25) is 9.59 Å². The predicted molar refractivity (Wildman–Crippen MR) is 118 cm³/mol. The van der Waals surface area contributed by atoms with Gasteiger partial charge in [-0.25, -0.2) is 0 Å². The lowest BCUT2D eigenvalue weighted by Gasteiger charge is -2.30. The molecule has 0 aliphatic carbocycles. The van der Waals surface area contributed by atoms with Gasteiger partial charge in [0.25, 0.3) is 5.91 Å². The molecule has 0 saturated carbocycles. The first-order chi connectivity index (χ1) is 13.5. The first-order valence-corrected chi connectivity index (χ1v) is 10.9. The van der Waals surface area contributed by atoms with Crippen molar-refractivity contribution in [3.63, 3.8) is 0 Å². The average Bonchev–Trinajstić information content (AvgIpc) is 2.68. The Morgan fingerprint density at radius 2 is 1.86 bits per heavy atom. The molecule has 1 aliphatic heterocycles. The molecule has 1 aromatic rings. The van der Waals surface area contributed by atoms with E-state index in [9.17, 15) is 9.59 Å². The molecule has 28 heavy (non-hydrogen) atoms. The van der Waals surface area contributed by atoms with Gasteiger partial charge in [0.05, 0.1) is 0 Å². The van der Waals surface area contributed by atoms with E-state index in [2.05, 4.69) is 24.5 Å². The number of carbonyl (C=O) groups is 2. The standard InChI is InChI=1S/C22H33N3O2S/c1-3-4-5-6-7-11-20(26)24-22(28)23-19-10-8-9-18(16-19)21(27)25-14-12-17(2)13-15-25/h8-10,16-17H,3-7,11-15H2,1-2H3,(H2,23,24,26,28). The van der Waals surface area contributed by atoms with Gasteiger partial charge in [0, 0.05) is 30.8 Å². The monoisotopic (exact) mass is 403 g/mol. The molecule has 5 nitrogen and oxygen atoms in total. The Labute approximate surface area is 174 Å². The lowest BCUT2D eigenvalue weighted by molar-refractivity contribution is -0.119. The third kappa shape index (κ3) is 7.58. The zero-order valence-electron chi connectivity index (χ0n) is 17.1. The molecule has 2 amide bonds. The highest BCUT2D eigenvalue weighted by molar-refractivity contribution is 7.80. The van der Waals surface area contributed by atoms with Gasteiger partial charge in [-0.05, 0) is 55.6 Å². The summed E-state index contributed by atoms with van der Waals surface area (Å²) in [6.07, 6.45) is 8.12. The van der Waals surface area contributed by atoms with Crippen LogP contribution in [0.5, 0.6) is 0 Å². The van der Waals surface area contributed by atoms with Crippen molar-refractivity contribution in [2.45, 2.75) is 65.2 Å². The van der Waals surface area contributed by atoms with E-state index in [1.54, 1.807) is 6.07 Å². The summed E-state index contributed by atoms with van der Waals surface area (Å²) in [7, 11) is 0. The summed E-state index contributed by atoms with van der Waals surface area (Å²) in [6, 6.07) is 7.30. The molecule has 1 aromatic carbocycles. The third-order valence-electron chi connectivity index (χ3n) is 5.20. The molecule has 0 aromatic heterocycles. The van der Waals surface area contributed by atoms with E-state index in [1.165, 1.54) is 19.3 Å². The highest BCUT2D eigenvalue weighted by Gasteiger charge is 2.21. The van der Waals surface area contributed by atoms with Crippen LogP contribution in [0.1, 0.15) is 75.6 Å². The van der Waals surface area contributed by atoms with Crippen LogP contribution in [0.25, 0.3) is 0 Å². The highest BCUT2D eigenvalue weighted by Crippen LogP contribution is 2.19. The molecular weight excluding hydrogens is 370 g/mol. The van der Waals surface area contributed by atoms with Crippen molar-refractivity contribution in [3.8, 4) is 0 Å². The van der Waals surface area contributed by atoms with Crippen molar-refractivity contribution in [2.24, 2.45) is 5.92 Å². The molecule has 2 rings (SSSR count). The Bertz CT molecular complexity index is 670. The summed E-state index contributed by atoms with van der Waals surface area (Å²) in [5.41, 5.74) is 1.36. The number of rotatable bonds is 8. The molecule has 1 heterocycles. The summed E-state index contributed by atoms with van der Waals surface area (Å²) < 4.78 is 0. The van der Waals surface area contributed by atoms with E-state index >= 15 is 0 Å². The number of nitrogens with zero attached hydrogens (tertiary/aromatic N) is 1. The number of unbranched alkanes of at least 4 members (excludes halogenated alkanes) is 4. The van der Waals surface area contributed by atoms with Crippen molar-refractivity contribution in [1.29, 1.82) is 0 Å². The number of benzene rings is 1. The number of hydrogen-bond donors (Lipinski definition) is 2. The smallest absolute Gasteiger partial charge is 0.253 e. The van der Waals surface area contributed by atoms with Gasteiger partial charge in [-0.15, -0.1) is 0 Å². The number of thiocarbonyl (C=S) groups is 1. The highest BCUT2D eigenvalue weighted by atomic mass is 32.1. The van der Waals surface area contributed by atoms with Crippen LogP contribution in [-0.2, 0) is 4.79 Å². The SMILES string of the molecule is CCCCCCCC(=O)NC(=S)Nc1cccc(C(=O)N2CCC(C)CC2)c1. The zero-order valence-corrected chi connectivity index (χ0v) is 17.9. The lowest BCUT2D eigenvalue weighted by Crippen LogP contribution is -2.38. The Morgan fingerprint density at radius 1 is 1.14 bits per heavy atom. The number of piperidine rings is 1. The Balaban J connectivity index is 1.80. The normalized spacial score (nSPS) is 14.6. The second-order valence-corrected chi connectivity index (χ2v) is 8.13. The molecule has 1 saturated heterocycles. The molecule has 0 radical (unpaired) electrons. The largest absolute Gasteiger partial charge is 0.339 e. The van der Waals surface area contributed by atoms with E-state index < -0.39 is 0 Å². The Kier molecular flexibility index (Phi) is 9.41. The second-order valence-electron chi connectivity index (χ2n) is 7.72. The fourth-order valence-electron chi connectivity index (χ4n) is 3.36. The summed E-state index contributed by atoms with van der Waals surface area (Å²) >= 11 is 5.24. The number of hydrogen-bond acceptors (Lipinski definition) is 3. The van der Waals surface area contributed by atoms with E-state index in [1.807, 2.05) is 23.1 Å². The van der Waals surface area contributed by atoms with Crippen LogP contribution in [0.3, 0.4) is 0 Å². The van der Waals surface area contributed by atoms with Gasteiger partial charge in [-0.2, -0.15) is 0 Å². The Hall–Kier alpha value is -1.95. The van der Waals surface area contributed by atoms with Crippen LogP contribution in [0.2, 0.25) is 0 Å². The van der Waals surface area contributed by atoms with Gasteiger partial charge in [-0.1, -0.05) is 45.6 Å². The van der Waals surface area contributed by atoms with Crippen molar-refractivity contribution >= 4 is 34.8 Å². The predicted octanol–water partition coefficient (Wildman–Crippen LogP) is 4.73. The Morgan fingerprint density at radius 3 is 2.57 bits per heavy atom. The van der Waals surface area contributed by atoms with E-state index in [0.29, 0.717) is 23.6 Å². The van der Waals surface area contributed by atoms with Crippen LogP contribution < -0.4 is 10.6 Å². The summed E-state index contributed by atoms with van der Waals surface area (Å²) in [5.74, 6) is 0.672. The summed E-state index contributed by atoms with van der Waals surface area (Å²) in [6.45, 7) is 6.02. The van der Waals surface area contributed by atoms with Crippen LogP contribution in [-0.4, -0.2) is 34.9 Å². The number of carbonyl (C=O) groups excluding carboxylic acids is 2. The van der Waals surface area contributed by atoms with Crippen LogP contribution in [0, 0.1) is 5.92 Å². The van der Waals surface area contributed by atoms with Crippen LogP contribution >= 0.6 is 12.2 Å². The number of likely N-dealkylation sites (tertiary alicyclic amines) is 1. The molecule has 6 heteroatoms.